The van der Waals surface area contributed by atoms with Crippen LogP contribution in [-0.4, -0.2) is 62.1 Å². The van der Waals surface area contributed by atoms with Crippen molar-refractivity contribution in [1.29, 1.82) is 0 Å². The number of benzene rings is 2. The fourth-order valence-electron chi connectivity index (χ4n) is 3.07. The molecule has 0 atom stereocenters. The summed E-state index contributed by atoms with van der Waals surface area (Å²) >= 11 is 5.85. The number of methoxy groups -OCH3 is 1. The van der Waals surface area contributed by atoms with E-state index in [-0.39, 0.29) is 12.5 Å². The minimum atomic E-state index is 0.0276. The van der Waals surface area contributed by atoms with Crippen LogP contribution in [0, 0.1) is 0 Å². The second-order valence-corrected chi connectivity index (χ2v) is 7.00. The molecule has 1 fully saturated rings. The van der Waals surface area contributed by atoms with E-state index in [9.17, 15) is 4.79 Å². The van der Waals surface area contributed by atoms with Gasteiger partial charge in [-0.2, -0.15) is 0 Å². The first kappa shape index (κ1) is 19.5. The molecule has 0 N–H and O–H groups in total. The number of carbonyl (C=O) groups is 1. The van der Waals surface area contributed by atoms with Crippen molar-refractivity contribution < 1.29 is 14.3 Å². The Morgan fingerprint density at radius 1 is 0.963 bits per heavy atom. The van der Waals surface area contributed by atoms with E-state index in [4.69, 9.17) is 21.1 Å². The Bertz CT molecular complexity index is 726. The van der Waals surface area contributed by atoms with Crippen LogP contribution in [0.4, 0.5) is 0 Å². The third kappa shape index (κ3) is 5.88. The van der Waals surface area contributed by atoms with Crippen LogP contribution in [-0.2, 0) is 11.2 Å². The molecular weight excluding hydrogens is 364 g/mol. The van der Waals surface area contributed by atoms with Crippen molar-refractivity contribution in [3.05, 3.63) is 59.1 Å². The van der Waals surface area contributed by atoms with E-state index in [1.165, 1.54) is 5.56 Å². The van der Waals surface area contributed by atoms with E-state index in [1.807, 2.05) is 17.0 Å². The van der Waals surface area contributed by atoms with Crippen LogP contribution in [0.5, 0.6) is 11.5 Å². The molecule has 0 saturated carbocycles. The molecule has 0 aliphatic carbocycles. The highest BCUT2D eigenvalue weighted by atomic mass is 35.5. The van der Waals surface area contributed by atoms with Gasteiger partial charge < -0.3 is 14.4 Å². The topological polar surface area (TPSA) is 42.0 Å². The van der Waals surface area contributed by atoms with Gasteiger partial charge >= 0.3 is 0 Å². The number of hydrogen-bond acceptors (Lipinski definition) is 4. The number of nitrogens with zero attached hydrogens (tertiary/aromatic N) is 2. The molecule has 27 heavy (non-hydrogen) atoms. The van der Waals surface area contributed by atoms with Gasteiger partial charge in [0.15, 0.2) is 6.61 Å². The molecule has 2 aromatic carbocycles. The first-order valence-electron chi connectivity index (χ1n) is 9.15. The molecule has 0 aromatic heterocycles. The van der Waals surface area contributed by atoms with Gasteiger partial charge in [0.05, 0.1) is 7.11 Å². The number of rotatable bonds is 7. The number of amides is 1. The fourth-order valence-corrected chi connectivity index (χ4v) is 3.19. The molecule has 2 aromatic rings. The van der Waals surface area contributed by atoms with E-state index in [1.54, 1.807) is 31.4 Å². The second-order valence-electron chi connectivity index (χ2n) is 6.56. The Balaban J connectivity index is 1.37. The lowest BCUT2D eigenvalue weighted by molar-refractivity contribution is -0.135. The maximum absolute atomic E-state index is 12.3. The van der Waals surface area contributed by atoms with E-state index < -0.39 is 0 Å². The SMILES string of the molecule is COc1ccc(CCN2CCN(C(=O)COc3ccc(Cl)cc3)CC2)cc1. The van der Waals surface area contributed by atoms with Gasteiger partial charge in [-0.05, 0) is 48.4 Å². The van der Waals surface area contributed by atoms with Crippen LogP contribution in [0.25, 0.3) is 0 Å². The van der Waals surface area contributed by atoms with E-state index in [2.05, 4.69) is 17.0 Å². The number of ether oxygens (including phenoxy) is 2. The van der Waals surface area contributed by atoms with Crippen LogP contribution >= 0.6 is 11.6 Å². The molecular formula is C21H25ClN2O3. The molecule has 6 heteroatoms. The molecule has 1 saturated heterocycles. The summed E-state index contributed by atoms with van der Waals surface area (Å²) in [6.07, 6.45) is 0.998. The zero-order valence-electron chi connectivity index (χ0n) is 15.6. The monoisotopic (exact) mass is 388 g/mol. The third-order valence-corrected chi connectivity index (χ3v) is 5.03. The number of piperazine rings is 1. The van der Waals surface area contributed by atoms with Crippen molar-refractivity contribution in [1.82, 2.24) is 9.80 Å². The Morgan fingerprint density at radius 2 is 1.59 bits per heavy atom. The molecule has 1 aliphatic rings. The highest BCUT2D eigenvalue weighted by molar-refractivity contribution is 6.30. The van der Waals surface area contributed by atoms with Gasteiger partial charge in [-0.3, -0.25) is 9.69 Å². The fraction of sp³-hybridized carbons (Fsp3) is 0.381. The van der Waals surface area contributed by atoms with E-state index in [0.717, 1.165) is 44.9 Å². The normalized spacial score (nSPS) is 14.8. The Morgan fingerprint density at radius 3 is 2.22 bits per heavy atom. The van der Waals surface area contributed by atoms with Gasteiger partial charge in [0.2, 0.25) is 0 Å². The zero-order chi connectivity index (χ0) is 19.1. The number of hydrogen-bond donors (Lipinski definition) is 0. The average molecular weight is 389 g/mol. The lowest BCUT2D eigenvalue weighted by atomic mass is 10.1. The van der Waals surface area contributed by atoms with Gasteiger partial charge in [0.25, 0.3) is 5.91 Å². The largest absolute Gasteiger partial charge is 0.497 e. The molecule has 1 aliphatic heterocycles. The van der Waals surface area contributed by atoms with Gasteiger partial charge in [-0.25, -0.2) is 0 Å². The second kappa shape index (κ2) is 9.62. The summed E-state index contributed by atoms with van der Waals surface area (Å²) in [6.45, 7) is 4.33. The molecule has 0 spiro atoms. The maximum Gasteiger partial charge on any atom is 0.260 e. The lowest BCUT2D eigenvalue weighted by Gasteiger charge is -2.34. The summed E-state index contributed by atoms with van der Waals surface area (Å²) in [5, 5.41) is 0.652. The van der Waals surface area contributed by atoms with Gasteiger partial charge in [-0.15, -0.1) is 0 Å². The van der Waals surface area contributed by atoms with Gasteiger partial charge in [-0.1, -0.05) is 23.7 Å². The van der Waals surface area contributed by atoms with Crippen LogP contribution in [0.1, 0.15) is 5.56 Å². The zero-order valence-corrected chi connectivity index (χ0v) is 16.3. The summed E-state index contributed by atoms with van der Waals surface area (Å²) in [7, 11) is 1.68. The molecule has 0 radical (unpaired) electrons. The molecule has 0 bridgehead atoms. The third-order valence-electron chi connectivity index (χ3n) is 4.78. The van der Waals surface area contributed by atoms with Gasteiger partial charge in [0.1, 0.15) is 11.5 Å². The number of halogens is 1. The van der Waals surface area contributed by atoms with E-state index >= 15 is 0 Å². The summed E-state index contributed by atoms with van der Waals surface area (Å²) in [5.74, 6) is 1.57. The summed E-state index contributed by atoms with van der Waals surface area (Å²) in [6, 6.07) is 15.2. The molecule has 1 heterocycles. The van der Waals surface area contributed by atoms with Crippen LogP contribution in [0.3, 0.4) is 0 Å². The van der Waals surface area contributed by atoms with Crippen LogP contribution in [0.15, 0.2) is 48.5 Å². The minimum Gasteiger partial charge on any atom is -0.497 e. The maximum atomic E-state index is 12.3. The molecule has 5 nitrogen and oxygen atoms in total. The predicted octanol–water partition coefficient (Wildman–Crippen LogP) is 3.11. The quantitative estimate of drug-likeness (QED) is 0.730. The Labute approximate surface area is 165 Å². The summed E-state index contributed by atoms with van der Waals surface area (Å²) in [4.78, 5) is 16.6. The Hall–Kier alpha value is -2.24. The lowest BCUT2D eigenvalue weighted by Crippen LogP contribution is -2.50. The Kier molecular flexibility index (Phi) is 6.96. The molecule has 144 valence electrons. The van der Waals surface area contributed by atoms with Crippen molar-refractivity contribution in [2.24, 2.45) is 0 Å². The van der Waals surface area contributed by atoms with Crippen molar-refractivity contribution in [3.8, 4) is 11.5 Å². The smallest absolute Gasteiger partial charge is 0.260 e. The number of carbonyl (C=O) groups excluding carboxylic acids is 1. The molecule has 0 unspecified atom stereocenters. The van der Waals surface area contributed by atoms with E-state index in [0.29, 0.717) is 10.8 Å². The van der Waals surface area contributed by atoms with Crippen LogP contribution < -0.4 is 9.47 Å². The molecule has 3 rings (SSSR count). The minimum absolute atomic E-state index is 0.0276. The van der Waals surface area contributed by atoms with Crippen molar-refractivity contribution >= 4 is 17.5 Å². The highest BCUT2D eigenvalue weighted by Gasteiger charge is 2.21. The highest BCUT2D eigenvalue weighted by Crippen LogP contribution is 2.16. The first-order valence-corrected chi connectivity index (χ1v) is 9.53. The van der Waals surface area contributed by atoms with Crippen molar-refractivity contribution in [2.45, 2.75) is 6.42 Å². The first-order chi connectivity index (χ1) is 13.1. The van der Waals surface area contributed by atoms with Gasteiger partial charge in [0, 0.05) is 37.7 Å². The van der Waals surface area contributed by atoms with Crippen molar-refractivity contribution in [3.63, 3.8) is 0 Å². The predicted molar refractivity (Wildman–Crippen MR) is 107 cm³/mol. The summed E-state index contributed by atoms with van der Waals surface area (Å²) < 4.78 is 10.7. The average Bonchev–Trinajstić information content (AvgIpc) is 2.72. The summed E-state index contributed by atoms with van der Waals surface area (Å²) in [5.41, 5.74) is 1.30. The van der Waals surface area contributed by atoms with Crippen LogP contribution in [0.2, 0.25) is 5.02 Å². The molecule has 1 amide bonds. The van der Waals surface area contributed by atoms with Crippen molar-refractivity contribution in [2.75, 3.05) is 46.4 Å². The standard InChI is InChI=1S/C21H25ClN2O3/c1-26-19-6-2-17(3-7-19)10-11-23-12-14-24(15-13-23)21(25)16-27-20-8-4-18(22)5-9-20/h2-9H,10-16H2,1H3.